The molecular formula is C13H19N3O2. The van der Waals surface area contributed by atoms with Crippen molar-refractivity contribution in [2.24, 2.45) is 5.92 Å². The Hall–Kier alpha value is -1.75. The third-order valence-electron chi connectivity index (χ3n) is 3.17. The van der Waals surface area contributed by atoms with Gasteiger partial charge < -0.3 is 15.7 Å². The molecule has 1 heterocycles. The van der Waals surface area contributed by atoms with Crippen LogP contribution in [0.1, 0.15) is 6.92 Å². The maximum Gasteiger partial charge on any atom is 0.324 e. The van der Waals surface area contributed by atoms with Crippen molar-refractivity contribution < 1.29 is 9.90 Å². The Balaban J connectivity index is 2.10. The molecule has 2 amide bonds. The highest BCUT2D eigenvalue weighted by atomic mass is 16.3. The minimum absolute atomic E-state index is 0.0341. The van der Waals surface area contributed by atoms with Crippen molar-refractivity contribution in [3.8, 4) is 0 Å². The van der Waals surface area contributed by atoms with Crippen LogP contribution in [0.4, 0.5) is 16.2 Å². The number of para-hydroxylation sites is 2. The topological polar surface area (TPSA) is 69.8 Å². The van der Waals surface area contributed by atoms with Gasteiger partial charge in [-0.1, -0.05) is 19.1 Å². The van der Waals surface area contributed by atoms with Gasteiger partial charge in [-0.15, -0.1) is 0 Å². The number of urea groups is 1. The first kappa shape index (κ1) is 12.7. The van der Waals surface area contributed by atoms with E-state index in [1.165, 1.54) is 0 Å². The molecule has 0 bridgehead atoms. The average Bonchev–Trinajstić information content (AvgIpc) is 2.72. The molecule has 0 saturated carbocycles. The van der Waals surface area contributed by atoms with Crippen molar-refractivity contribution in [3.05, 3.63) is 24.3 Å². The summed E-state index contributed by atoms with van der Waals surface area (Å²) in [4.78, 5) is 15.7. The summed E-state index contributed by atoms with van der Waals surface area (Å²) in [5, 5.41) is 9.04. The van der Waals surface area contributed by atoms with E-state index >= 15 is 0 Å². The van der Waals surface area contributed by atoms with Crippen LogP contribution in [0.25, 0.3) is 0 Å². The van der Waals surface area contributed by atoms with Crippen LogP contribution in [0, 0.1) is 5.92 Å². The number of aliphatic hydroxyl groups excluding tert-OH is 1. The van der Waals surface area contributed by atoms with Gasteiger partial charge >= 0.3 is 6.03 Å². The number of hydrogen-bond donors (Lipinski definition) is 2. The van der Waals surface area contributed by atoms with E-state index in [4.69, 9.17) is 10.8 Å². The first-order chi connectivity index (χ1) is 8.63. The molecule has 1 saturated heterocycles. The van der Waals surface area contributed by atoms with Gasteiger partial charge in [0.05, 0.1) is 11.4 Å². The zero-order valence-electron chi connectivity index (χ0n) is 10.5. The molecule has 1 atom stereocenters. The number of nitrogen functional groups attached to an aromatic ring is 1. The summed E-state index contributed by atoms with van der Waals surface area (Å²) in [7, 11) is 0. The van der Waals surface area contributed by atoms with Crippen LogP contribution in [0.15, 0.2) is 24.3 Å². The second kappa shape index (κ2) is 5.27. The van der Waals surface area contributed by atoms with Crippen LogP contribution in [0.3, 0.4) is 0 Å². The van der Waals surface area contributed by atoms with E-state index in [9.17, 15) is 4.79 Å². The number of hydrogen-bond acceptors (Lipinski definition) is 3. The van der Waals surface area contributed by atoms with Gasteiger partial charge in [-0.25, -0.2) is 4.79 Å². The van der Waals surface area contributed by atoms with Gasteiger partial charge in [0.2, 0.25) is 0 Å². The number of carbonyl (C=O) groups excluding carboxylic acids is 1. The quantitative estimate of drug-likeness (QED) is 0.786. The van der Waals surface area contributed by atoms with Gasteiger partial charge in [-0.3, -0.25) is 4.90 Å². The number of carbonyl (C=O) groups is 1. The summed E-state index contributed by atoms with van der Waals surface area (Å²) in [5.74, 6) is 0.0991. The van der Waals surface area contributed by atoms with E-state index in [2.05, 4.69) is 0 Å². The van der Waals surface area contributed by atoms with E-state index in [1.54, 1.807) is 15.9 Å². The minimum atomic E-state index is -0.0341. The highest BCUT2D eigenvalue weighted by Crippen LogP contribution is 2.26. The van der Waals surface area contributed by atoms with Gasteiger partial charge in [0.1, 0.15) is 0 Å². The fourth-order valence-electron chi connectivity index (χ4n) is 2.14. The molecule has 1 aromatic rings. The largest absolute Gasteiger partial charge is 0.397 e. The Kier molecular flexibility index (Phi) is 3.72. The molecule has 1 aliphatic rings. The lowest BCUT2D eigenvalue weighted by Gasteiger charge is -2.21. The maximum absolute atomic E-state index is 12.2. The third-order valence-corrected chi connectivity index (χ3v) is 3.17. The highest BCUT2D eigenvalue weighted by molar-refractivity contribution is 5.97. The summed E-state index contributed by atoms with van der Waals surface area (Å²) >= 11 is 0. The molecule has 5 heteroatoms. The Morgan fingerprint density at radius 1 is 1.39 bits per heavy atom. The van der Waals surface area contributed by atoms with Crippen molar-refractivity contribution in [1.82, 2.24) is 4.90 Å². The number of anilines is 2. The molecule has 1 unspecified atom stereocenters. The van der Waals surface area contributed by atoms with Gasteiger partial charge in [0.15, 0.2) is 0 Å². The van der Waals surface area contributed by atoms with Crippen molar-refractivity contribution in [2.45, 2.75) is 6.92 Å². The van der Waals surface area contributed by atoms with Crippen LogP contribution in [0.5, 0.6) is 0 Å². The summed E-state index contributed by atoms with van der Waals surface area (Å²) in [5.41, 5.74) is 7.26. The number of rotatable bonds is 4. The molecule has 0 radical (unpaired) electrons. The normalized spacial score (nSPS) is 17.3. The lowest BCUT2D eigenvalue weighted by atomic mass is 10.2. The molecule has 1 aromatic carbocycles. The van der Waals surface area contributed by atoms with Crippen LogP contribution in [0.2, 0.25) is 0 Å². The van der Waals surface area contributed by atoms with Gasteiger partial charge in [-0.2, -0.15) is 0 Å². The predicted molar refractivity (Wildman–Crippen MR) is 71.4 cm³/mol. The van der Waals surface area contributed by atoms with E-state index in [0.717, 1.165) is 5.69 Å². The first-order valence-electron chi connectivity index (χ1n) is 6.15. The van der Waals surface area contributed by atoms with Crippen molar-refractivity contribution in [2.75, 3.05) is 36.9 Å². The summed E-state index contributed by atoms with van der Waals surface area (Å²) in [6.07, 6.45) is 0. The van der Waals surface area contributed by atoms with E-state index in [1.807, 2.05) is 25.1 Å². The second-order valence-electron chi connectivity index (χ2n) is 4.73. The average molecular weight is 249 g/mol. The van der Waals surface area contributed by atoms with Gasteiger partial charge in [0.25, 0.3) is 0 Å². The number of nitrogens with two attached hydrogens (primary N) is 1. The number of amides is 2. The van der Waals surface area contributed by atoms with Gasteiger partial charge in [0, 0.05) is 26.2 Å². The minimum Gasteiger partial charge on any atom is -0.397 e. The standard InChI is InChI=1S/C13H19N3O2/c1-10(9-17)8-15-6-7-16(13(15)18)12-5-3-2-4-11(12)14/h2-5,10,17H,6-9,14H2,1H3. The molecule has 98 valence electrons. The molecule has 1 aliphatic heterocycles. The van der Waals surface area contributed by atoms with Gasteiger partial charge in [-0.05, 0) is 18.1 Å². The van der Waals surface area contributed by atoms with Crippen molar-refractivity contribution >= 4 is 17.4 Å². The van der Waals surface area contributed by atoms with Crippen LogP contribution < -0.4 is 10.6 Å². The van der Waals surface area contributed by atoms with Crippen LogP contribution >= 0.6 is 0 Å². The number of benzene rings is 1. The summed E-state index contributed by atoms with van der Waals surface area (Å²) < 4.78 is 0. The van der Waals surface area contributed by atoms with E-state index < -0.39 is 0 Å². The highest BCUT2D eigenvalue weighted by Gasteiger charge is 2.30. The SMILES string of the molecule is CC(CO)CN1CCN(c2ccccc2N)C1=O. The van der Waals surface area contributed by atoms with E-state index in [-0.39, 0.29) is 18.6 Å². The first-order valence-corrected chi connectivity index (χ1v) is 6.15. The summed E-state index contributed by atoms with van der Waals surface area (Å²) in [6, 6.07) is 7.34. The molecule has 5 nitrogen and oxygen atoms in total. The Bertz CT molecular complexity index is 436. The number of nitrogens with zero attached hydrogens (tertiary/aromatic N) is 2. The van der Waals surface area contributed by atoms with E-state index in [0.29, 0.717) is 25.3 Å². The number of aliphatic hydroxyl groups is 1. The lowest BCUT2D eigenvalue weighted by molar-refractivity contribution is 0.185. The molecule has 18 heavy (non-hydrogen) atoms. The van der Waals surface area contributed by atoms with Crippen molar-refractivity contribution in [3.63, 3.8) is 0 Å². The zero-order valence-corrected chi connectivity index (χ0v) is 10.5. The molecule has 1 fully saturated rings. The van der Waals surface area contributed by atoms with Crippen LogP contribution in [-0.4, -0.2) is 42.3 Å². The molecule has 3 N–H and O–H groups in total. The molecule has 0 aromatic heterocycles. The predicted octanol–water partition coefficient (Wildman–Crippen LogP) is 1.14. The second-order valence-corrected chi connectivity index (χ2v) is 4.73. The Morgan fingerprint density at radius 3 is 2.78 bits per heavy atom. The molecule has 0 spiro atoms. The fourth-order valence-corrected chi connectivity index (χ4v) is 2.14. The molecule has 2 rings (SSSR count). The third kappa shape index (κ3) is 2.41. The van der Waals surface area contributed by atoms with Crippen LogP contribution in [-0.2, 0) is 0 Å². The fraction of sp³-hybridized carbons (Fsp3) is 0.462. The van der Waals surface area contributed by atoms with Crippen molar-refractivity contribution in [1.29, 1.82) is 0 Å². The molecule has 0 aliphatic carbocycles. The maximum atomic E-state index is 12.2. The zero-order chi connectivity index (χ0) is 13.1. The lowest BCUT2D eigenvalue weighted by Crippen LogP contribution is -2.35. The monoisotopic (exact) mass is 249 g/mol. The summed E-state index contributed by atoms with van der Waals surface area (Å²) in [6.45, 7) is 3.92. The Morgan fingerprint density at radius 2 is 2.11 bits per heavy atom. The molecular weight excluding hydrogens is 230 g/mol. The smallest absolute Gasteiger partial charge is 0.324 e. The Labute approximate surface area is 107 Å².